The van der Waals surface area contributed by atoms with Gasteiger partial charge in [-0.05, 0) is 38.1 Å². The van der Waals surface area contributed by atoms with Crippen LogP contribution in [0.2, 0.25) is 0 Å². The summed E-state index contributed by atoms with van der Waals surface area (Å²) < 4.78 is 6.76. The summed E-state index contributed by atoms with van der Waals surface area (Å²) in [7, 11) is 1.72. The number of benzene rings is 1. The molecule has 2 heterocycles. The number of aldehydes is 1. The third-order valence-electron chi connectivity index (χ3n) is 3.63. The van der Waals surface area contributed by atoms with Crippen molar-refractivity contribution in [2.24, 2.45) is 7.05 Å². The maximum absolute atomic E-state index is 11.5. The quantitative estimate of drug-likeness (QED) is 0.752. The average molecular weight is 297 g/mol. The highest BCUT2D eigenvalue weighted by molar-refractivity contribution is 5.94. The van der Waals surface area contributed by atoms with Crippen LogP contribution < -0.4 is 0 Å². The Morgan fingerprint density at radius 3 is 2.41 bits per heavy atom. The first-order valence-electron chi connectivity index (χ1n) is 6.77. The molecule has 0 amide bonds. The fourth-order valence-electron chi connectivity index (χ4n) is 2.58. The first kappa shape index (κ1) is 14.1. The van der Waals surface area contributed by atoms with Gasteiger partial charge in [-0.3, -0.25) is 9.48 Å². The largest absolute Gasteiger partial charge is 0.508 e. The molecule has 0 aliphatic rings. The van der Waals surface area contributed by atoms with Gasteiger partial charge < -0.3 is 9.63 Å². The molecule has 2 aromatic heterocycles. The smallest absolute Gasteiger partial charge is 0.168 e. The van der Waals surface area contributed by atoms with E-state index in [1.165, 1.54) is 4.68 Å². The maximum Gasteiger partial charge on any atom is 0.168 e. The highest BCUT2D eigenvalue weighted by Gasteiger charge is 2.24. The average Bonchev–Trinajstić information content (AvgIpc) is 2.99. The van der Waals surface area contributed by atoms with Crippen LogP contribution in [0.3, 0.4) is 0 Å². The number of rotatable bonds is 3. The maximum atomic E-state index is 11.5. The SMILES string of the molecule is Cc1noc(C)c1-c1c(-c2ccc(O)cc2)nn(C)c1C=O. The minimum atomic E-state index is 0.175. The Labute approximate surface area is 127 Å². The van der Waals surface area contributed by atoms with Crippen LogP contribution in [0.1, 0.15) is 21.9 Å². The molecule has 112 valence electrons. The van der Waals surface area contributed by atoms with Crippen molar-refractivity contribution in [2.45, 2.75) is 13.8 Å². The third kappa shape index (κ3) is 2.09. The summed E-state index contributed by atoms with van der Waals surface area (Å²) in [4.78, 5) is 11.5. The zero-order chi connectivity index (χ0) is 15.9. The van der Waals surface area contributed by atoms with Gasteiger partial charge in [0.05, 0.1) is 11.3 Å². The zero-order valence-corrected chi connectivity index (χ0v) is 12.5. The van der Waals surface area contributed by atoms with E-state index in [9.17, 15) is 9.90 Å². The summed E-state index contributed by atoms with van der Waals surface area (Å²) in [6.45, 7) is 3.63. The molecule has 1 aromatic carbocycles. The van der Waals surface area contributed by atoms with Crippen molar-refractivity contribution in [2.75, 3.05) is 0 Å². The van der Waals surface area contributed by atoms with Crippen LogP contribution in [0.5, 0.6) is 5.75 Å². The van der Waals surface area contributed by atoms with Gasteiger partial charge in [0.15, 0.2) is 6.29 Å². The second kappa shape index (κ2) is 5.14. The highest BCUT2D eigenvalue weighted by Crippen LogP contribution is 2.37. The van der Waals surface area contributed by atoms with Gasteiger partial charge in [0, 0.05) is 18.2 Å². The van der Waals surface area contributed by atoms with Crippen molar-refractivity contribution < 1.29 is 14.4 Å². The zero-order valence-electron chi connectivity index (χ0n) is 12.5. The molecule has 0 unspecified atom stereocenters. The van der Waals surface area contributed by atoms with Crippen LogP contribution >= 0.6 is 0 Å². The number of aromatic nitrogens is 3. The molecule has 0 saturated carbocycles. The Bertz CT molecular complexity index is 825. The summed E-state index contributed by atoms with van der Waals surface area (Å²) in [6.07, 6.45) is 0.776. The van der Waals surface area contributed by atoms with Gasteiger partial charge in [-0.25, -0.2) is 0 Å². The van der Waals surface area contributed by atoms with Gasteiger partial charge in [0.2, 0.25) is 0 Å². The molecule has 6 heteroatoms. The van der Waals surface area contributed by atoms with Gasteiger partial charge in [-0.2, -0.15) is 5.10 Å². The molecule has 0 spiro atoms. The predicted octanol–water partition coefficient (Wildman–Crippen LogP) is 2.88. The molecule has 3 aromatic rings. The van der Waals surface area contributed by atoms with E-state index in [-0.39, 0.29) is 5.75 Å². The summed E-state index contributed by atoms with van der Waals surface area (Å²) >= 11 is 0. The predicted molar refractivity (Wildman–Crippen MR) is 80.7 cm³/mol. The van der Waals surface area contributed by atoms with Crippen LogP contribution in [0.25, 0.3) is 22.4 Å². The Kier molecular flexibility index (Phi) is 3.29. The molecule has 22 heavy (non-hydrogen) atoms. The monoisotopic (exact) mass is 297 g/mol. The molecule has 0 radical (unpaired) electrons. The van der Waals surface area contributed by atoms with Gasteiger partial charge in [-0.15, -0.1) is 0 Å². The van der Waals surface area contributed by atoms with E-state index < -0.39 is 0 Å². The number of carbonyl (C=O) groups is 1. The molecule has 6 nitrogen and oxygen atoms in total. The minimum Gasteiger partial charge on any atom is -0.508 e. The molecule has 1 N–H and O–H groups in total. The van der Waals surface area contributed by atoms with Crippen LogP contribution in [0.15, 0.2) is 28.8 Å². The van der Waals surface area contributed by atoms with Crippen molar-refractivity contribution in [3.05, 3.63) is 41.4 Å². The fraction of sp³-hybridized carbons (Fsp3) is 0.188. The van der Waals surface area contributed by atoms with Crippen molar-refractivity contribution in [1.82, 2.24) is 14.9 Å². The van der Waals surface area contributed by atoms with Crippen LogP contribution in [-0.4, -0.2) is 26.3 Å². The number of hydrogen-bond donors (Lipinski definition) is 1. The van der Waals surface area contributed by atoms with Crippen LogP contribution in [-0.2, 0) is 7.05 Å². The lowest BCUT2D eigenvalue weighted by atomic mass is 9.98. The van der Waals surface area contributed by atoms with E-state index in [0.29, 0.717) is 28.4 Å². The van der Waals surface area contributed by atoms with E-state index in [1.54, 1.807) is 38.2 Å². The Morgan fingerprint density at radius 2 is 1.86 bits per heavy atom. The van der Waals surface area contributed by atoms with Crippen molar-refractivity contribution in [3.8, 4) is 28.1 Å². The van der Waals surface area contributed by atoms with Gasteiger partial charge in [-0.1, -0.05) is 5.16 Å². The lowest BCUT2D eigenvalue weighted by Gasteiger charge is -2.04. The molecule has 0 fully saturated rings. The molecule has 0 aliphatic heterocycles. The molecular formula is C16H15N3O3. The summed E-state index contributed by atoms with van der Waals surface area (Å²) in [6, 6.07) is 6.69. The Balaban J connectivity index is 2.33. The first-order chi connectivity index (χ1) is 10.5. The number of phenols is 1. The molecule has 0 saturated heterocycles. The third-order valence-corrected chi connectivity index (χ3v) is 3.63. The lowest BCUT2D eigenvalue weighted by molar-refractivity contribution is 0.111. The second-order valence-electron chi connectivity index (χ2n) is 5.10. The number of hydrogen-bond acceptors (Lipinski definition) is 5. The molecule has 0 bridgehead atoms. The van der Waals surface area contributed by atoms with Crippen molar-refractivity contribution >= 4 is 6.29 Å². The normalized spacial score (nSPS) is 10.9. The number of aromatic hydroxyl groups is 1. The number of nitrogens with zero attached hydrogens (tertiary/aromatic N) is 3. The van der Waals surface area contributed by atoms with Gasteiger partial charge in [0.1, 0.15) is 22.9 Å². The summed E-state index contributed by atoms with van der Waals surface area (Å²) in [5.41, 5.74) is 4.08. The highest BCUT2D eigenvalue weighted by atomic mass is 16.5. The molecule has 3 rings (SSSR count). The van der Waals surface area contributed by atoms with Crippen molar-refractivity contribution in [3.63, 3.8) is 0 Å². The van der Waals surface area contributed by atoms with Gasteiger partial charge >= 0.3 is 0 Å². The lowest BCUT2D eigenvalue weighted by Crippen LogP contribution is -1.97. The minimum absolute atomic E-state index is 0.175. The van der Waals surface area contributed by atoms with Crippen LogP contribution in [0, 0.1) is 13.8 Å². The fourth-order valence-corrected chi connectivity index (χ4v) is 2.58. The molecular weight excluding hydrogens is 282 g/mol. The Morgan fingerprint density at radius 1 is 1.18 bits per heavy atom. The number of phenolic OH excluding ortho intramolecular Hbond substituents is 1. The topological polar surface area (TPSA) is 81.2 Å². The van der Waals surface area contributed by atoms with E-state index in [1.807, 2.05) is 6.92 Å². The number of aryl methyl sites for hydroxylation is 3. The standard InChI is InChI=1S/C16H15N3O3/c1-9-14(10(2)22-18-9)15-13(8-20)19(3)17-16(15)11-4-6-12(21)7-5-11/h4-8,21H,1-3H3. The first-order valence-corrected chi connectivity index (χ1v) is 6.77. The molecule has 0 aliphatic carbocycles. The summed E-state index contributed by atoms with van der Waals surface area (Å²) in [5, 5.41) is 17.9. The van der Waals surface area contributed by atoms with Crippen LogP contribution in [0.4, 0.5) is 0 Å². The van der Waals surface area contributed by atoms with E-state index in [2.05, 4.69) is 10.3 Å². The Hall–Kier alpha value is -2.89. The second-order valence-corrected chi connectivity index (χ2v) is 5.10. The van der Waals surface area contributed by atoms with E-state index in [4.69, 9.17) is 4.52 Å². The van der Waals surface area contributed by atoms with Crippen molar-refractivity contribution in [1.29, 1.82) is 0 Å². The van der Waals surface area contributed by atoms with E-state index in [0.717, 1.165) is 17.4 Å². The number of carbonyl (C=O) groups excluding carboxylic acids is 1. The molecule has 0 atom stereocenters. The summed E-state index contributed by atoms with van der Waals surface area (Å²) in [5.74, 6) is 0.808. The van der Waals surface area contributed by atoms with Gasteiger partial charge in [0.25, 0.3) is 0 Å². The van der Waals surface area contributed by atoms with E-state index >= 15 is 0 Å².